The minimum absolute atomic E-state index is 0.0429. The molecule has 0 unspecified atom stereocenters. The van der Waals surface area contributed by atoms with E-state index in [0.29, 0.717) is 12.0 Å². The number of carbonyl (C=O) groups is 1. The summed E-state index contributed by atoms with van der Waals surface area (Å²) in [5.41, 5.74) is 0. The molecule has 1 amide bonds. The molecule has 1 heterocycles. The number of rotatable bonds is 4. The summed E-state index contributed by atoms with van der Waals surface area (Å²) in [5.74, 6) is 1.42. The Morgan fingerprint density at radius 3 is 2.94 bits per heavy atom. The molecule has 1 aliphatic rings. The number of aryl methyl sites for hydroxylation is 1. The quantitative estimate of drug-likeness (QED) is 0.881. The van der Waals surface area contributed by atoms with Gasteiger partial charge in [-0.3, -0.25) is 4.79 Å². The summed E-state index contributed by atoms with van der Waals surface area (Å²) in [5, 5.41) is 7.34. The fraction of sp³-hybridized carbons (Fsp3) is 0.769. The van der Waals surface area contributed by atoms with E-state index in [2.05, 4.69) is 22.3 Å². The molecular formula is C13H22N4O. The number of aromatic nitrogens is 3. The lowest BCUT2D eigenvalue weighted by atomic mass is 9.86. The fourth-order valence-corrected chi connectivity index (χ4v) is 2.50. The van der Waals surface area contributed by atoms with Gasteiger partial charge >= 0.3 is 0 Å². The van der Waals surface area contributed by atoms with Gasteiger partial charge in [0.2, 0.25) is 5.91 Å². The Bertz CT molecular complexity index is 401. The van der Waals surface area contributed by atoms with Gasteiger partial charge in [0.15, 0.2) is 0 Å². The summed E-state index contributed by atoms with van der Waals surface area (Å²) in [6.45, 7) is 4.49. The van der Waals surface area contributed by atoms with Crippen LogP contribution in [-0.2, 0) is 17.8 Å². The Morgan fingerprint density at radius 1 is 1.50 bits per heavy atom. The van der Waals surface area contributed by atoms with Gasteiger partial charge in [0, 0.05) is 12.5 Å². The Hall–Kier alpha value is -1.39. The van der Waals surface area contributed by atoms with Crippen molar-refractivity contribution in [3.05, 3.63) is 12.2 Å². The monoisotopic (exact) mass is 250 g/mol. The minimum atomic E-state index is 0.0429. The predicted molar refractivity (Wildman–Crippen MR) is 69.0 cm³/mol. The summed E-state index contributed by atoms with van der Waals surface area (Å²) < 4.78 is 1.61. The van der Waals surface area contributed by atoms with Crippen LogP contribution in [0.4, 0.5) is 0 Å². The van der Waals surface area contributed by atoms with Crippen LogP contribution in [0.2, 0.25) is 0 Å². The standard InChI is InChI=1S/C13H22N4O/c1-3-12-14-9-17(16-12)8-13(18)15-11-7-5-4-6-10(11)2/h9-11H,3-8H2,1-2H3,(H,15,18)/t10-,11+/m0/s1. The highest BCUT2D eigenvalue weighted by Gasteiger charge is 2.22. The maximum atomic E-state index is 11.9. The van der Waals surface area contributed by atoms with Gasteiger partial charge in [0.1, 0.15) is 18.7 Å². The van der Waals surface area contributed by atoms with Crippen molar-refractivity contribution in [2.24, 2.45) is 5.92 Å². The highest BCUT2D eigenvalue weighted by molar-refractivity contribution is 5.75. The summed E-state index contributed by atoms with van der Waals surface area (Å²) >= 11 is 0. The van der Waals surface area contributed by atoms with Crippen molar-refractivity contribution >= 4 is 5.91 Å². The molecule has 1 saturated carbocycles. The smallest absolute Gasteiger partial charge is 0.242 e. The highest BCUT2D eigenvalue weighted by atomic mass is 16.2. The third-order valence-corrected chi connectivity index (χ3v) is 3.66. The van der Waals surface area contributed by atoms with Crippen LogP contribution in [0, 0.1) is 5.92 Å². The molecule has 0 aliphatic heterocycles. The number of carbonyl (C=O) groups excluding carboxylic acids is 1. The van der Waals surface area contributed by atoms with Crippen molar-refractivity contribution in [3.63, 3.8) is 0 Å². The van der Waals surface area contributed by atoms with Crippen LogP contribution < -0.4 is 5.32 Å². The molecule has 5 nitrogen and oxygen atoms in total. The highest BCUT2D eigenvalue weighted by Crippen LogP contribution is 2.23. The second kappa shape index (κ2) is 5.98. The van der Waals surface area contributed by atoms with Crippen LogP contribution in [0.3, 0.4) is 0 Å². The van der Waals surface area contributed by atoms with E-state index in [0.717, 1.165) is 18.7 Å². The van der Waals surface area contributed by atoms with Crippen molar-refractivity contribution in [2.75, 3.05) is 0 Å². The average molecular weight is 250 g/mol. The average Bonchev–Trinajstić information content (AvgIpc) is 2.80. The largest absolute Gasteiger partial charge is 0.351 e. The summed E-state index contributed by atoms with van der Waals surface area (Å²) in [7, 11) is 0. The third-order valence-electron chi connectivity index (χ3n) is 3.66. The minimum Gasteiger partial charge on any atom is -0.351 e. The van der Waals surface area contributed by atoms with Gasteiger partial charge in [-0.15, -0.1) is 0 Å². The van der Waals surface area contributed by atoms with Crippen LogP contribution in [-0.4, -0.2) is 26.7 Å². The number of amides is 1. The Balaban J connectivity index is 1.84. The van der Waals surface area contributed by atoms with Crippen molar-refractivity contribution in [1.82, 2.24) is 20.1 Å². The molecule has 5 heteroatoms. The van der Waals surface area contributed by atoms with Crippen molar-refractivity contribution in [1.29, 1.82) is 0 Å². The molecule has 0 bridgehead atoms. The molecule has 1 fully saturated rings. The van der Waals surface area contributed by atoms with Gasteiger partial charge in [0.25, 0.3) is 0 Å². The Labute approximate surface area is 108 Å². The molecule has 0 spiro atoms. The molecule has 1 aromatic rings. The number of hydrogen-bond acceptors (Lipinski definition) is 3. The number of nitrogens with one attached hydrogen (secondary N) is 1. The molecule has 0 aromatic carbocycles. The van der Waals surface area contributed by atoms with Crippen LogP contribution in [0.1, 0.15) is 45.4 Å². The van der Waals surface area contributed by atoms with Crippen LogP contribution in [0.5, 0.6) is 0 Å². The molecule has 1 aromatic heterocycles. The van der Waals surface area contributed by atoms with Crippen molar-refractivity contribution in [3.8, 4) is 0 Å². The lowest BCUT2D eigenvalue weighted by molar-refractivity contribution is -0.123. The van der Waals surface area contributed by atoms with E-state index in [1.54, 1.807) is 11.0 Å². The van der Waals surface area contributed by atoms with Gasteiger partial charge in [-0.1, -0.05) is 26.7 Å². The third kappa shape index (κ3) is 3.31. The first-order chi connectivity index (χ1) is 8.69. The van der Waals surface area contributed by atoms with Crippen LogP contribution >= 0.6 is 0 Å². The van der Waals surface area contributed by atoms with Crippen molar-refractivity contribution < 1.29 is 4.79 Å². The predicted octanol–water partition coefficient (Wildman–Crippen LogP) is 1.54. The summed E-state index contributed by atoms with van der Waals surface area (Å²) in [6, 6.07) is 0.334. The zero-order valence-electron chi connectivity index (χ0n) is 11.2. The molecule has 1 N–H and O–H groups in total. The van der Waals surface area contributed by atoms with Crippen LogP contribution in [0.15, 0.2) is 6.33 Å². The van der Waals surface area contributed by atoms with E-state index >= 15 is 0 Å². The van der Waals surface area contributed by atoms with Gasteiger partial charge in [-0.05, 0) is 18.8 Å². The normalized spacial score (nSPS) is 23.9. The van der Waals surface area contributed by atoms with E-state index in [1.165, 1.54) is 19.3 Å². The lowest BCUT2D eigenvalue weighted by Gasteiger charge is -2.29. The number of nitrogens with zero attached hydrogens (tertiary/aromatic N) is 3. The number of hydrogen-bond donors (Lipinski definition) is 1. The topological polar surface area (TPSA) is 59.8 Å². The molecule has 2 rings (SSSR count). The van der Waals surface area contributed by atoms with E-state index in [1.807, 2.05) is 6.92 Å². The summed E-state index contributed by atoms with van der Waals surface area (Å²) in [4.78, 5) is 16.0. The fourth-order valence-electron chi connectivity index (χ4n) is 2.50. The zero-order valence-corrected chi connectivity index (χ0v) is 11.2. The van der Waals surface area contributed by atoms with Gasteiger partial charge < -0.3 is 5.32 Å². The first-order valence-electron chi connectivity index (χ1n) is 6.86. The SMILES string of the molecule is CCc1ncn(CC(=O)N[C@@H]2CCCC[C@@H]2C)n1. The van der Waals surface area contributed by atoms with E-state index in [-0.39, 0.29) is 12.5 Å². The van der Waals surface area contributed by atoms with E-state index in [9.17, 15) is 4.79 Å². The first kappa shape index (κ1) is 13.1. The molecule has 100 valence electrons. The Morgan fingerprint density at radius 2 is 2.28 bits per heavy atom. The van der Waals surface area contributed by atoms with E-state index < -0.39 is 0 Å². The Kier molecular flexibility index (Phi) is 4.33. The van der Waals surface area contributed by atoms with E-state index in [4.69, 9.17) is 0 Å². The van der Waals surface area contributed by atoms with Crippen molar-refractivity contribution in [2.45, 2.75) is 58.5 Å². The van der Waals surface area contributed by atoms with Crippen LogP contribution in [0.25, 0.3) is 0 Å². The summed E-state index contributed by atoms with van der Waals surface area (Å²) in [6.07, 6.45) is 7.25. The molecule has 0 saturated heterocycles. The molecular weight excluding hydrogens is 228 g/mol. The lowest BCUT2D eigenvalue weighted by Crippen LogP contribution is -2.42. The first-order valence-corrected chi connectivity index (χ1v) is 6.86. The maximum Gasteiger partial charge on any atom is 0.242 e. The molecule has 18 heavy (non-hydrogen) atoms. The van der Waals surface area contributed by atoms with Gasteiger partial charge in [-0.25, -0.2) is 9.67 Å². The second-order valence-corrected chi connectivity index (χ2v) is 5.15. The molecule has 2 atom stereocenters. The van der Waals surface area contributed by atoms with Gasteiger partial charge in [-0.2, -0.15) is 5.10 Å². The molecule has 1 aliphatic carbocycles. The zero-order chi connectivity index (χ0) is 13.0. The second-order valence-electron chi connectivity index (χ2n) is 5.15. The maximum absolute atomic E-state index is 11.9. The molecule has 0 radical (unpaired) electrons. The van der Waals surface area contributed by atoms with Gasteiger partial charge in [0.05, 0.1) is 0 Å².